The zero-order valence-corrected chi connectivity index (χ0v) is 56.8. The number of aliphatic carboxylic acids is 2. The quantitative estimate of drug-likeness (QED) is 0.0157. The zero-order valence-electron chi connectivity index (χ0n) is 55.2. The first kappa shape index (κ1) is 76.1. The number of halogens is 1. The van der Waals surface area contributed by atoms with Gasteiger partial charge in [0.2, 0.25) is 23.6 Å². The molecule has 0 radical (unpaired) electrons. The van der Waals surface area contributed by atoms with E-state index in [-0.39, 0.29) is 163 Å². The molecule has 0 spiro atoms. The van der Waals surface area contributed by atoms with Crippen molar-refractivity contribution in [1.82, 2.24) is 45.2 Å². The Labute approximate surface area is 559 Å². The van der Waals surface area contributed by atoms with E-state index in [1.165, 1.54) is 50.1 Å². The molecule has 1 aliphatic heterocycles. The maximum absolute atomic E-state index is 14.4. The summed E-state index contributed by atoms with van der Waals surface area (Å²) in [6.07, 6.45) is 21.2. The van der Waals surface area contributed by atoms with Gasteiger partial charge in [-0.15, -0.1) is 0 Å². The van der Waals surface area contributed by atoms with Crippen LogP contribution in [0, 0.1) is 12.3 Å². The number of benzene rings is 1. The molecule has 4 atom stereocenters. The third-order valence-corrected chi connectivity index (χ3v) is 17.4. The van der Waals surface area contributed by atoms with Gasteiger partial charge in [0, 0.05) is 99.9 Å². The van der Waals surface area contributed by atoms with Crippen molar-refractivity contribution in [2.45, 2.75) is 193 Å². The molecule has 4 aromatic rings. The fourth-order valence-electron chi connectivity index (χ4n) is 11.9. The summed E-state index contributed by atoms with van der Waals surface area (Å²) in [6.45, 7) is 5.06. The number of ketones is 3. The summed E-state index contributed by atoms with van der Waals surface area (Å²) in [6, 6.07) is 7.17. The highest BCUT2D eigenvalue weighted by Gasteiger charge is 2.67. The molecule has 6 rings (SSSR count). The molecule has 516 valence electrons. The highest BCUT2D eigenvalue weighted by atomic mass is 79.9. The SMILES string of the molecule is CC(=O)c1nn(CC(=O)N2[C@H](C(=O)Nc3nc(Br)ccc3C)C[C@@]3(CN(C)C)C[C@@H]23)c2ccc(-c3cnc(CCC(=O)COCCOCCNC(=O)COCCOCCCC(=O)CC[C@H](NC(=O)CCCCCCCCCCCCCCCCC(=O)O)C(=O)O)nc3)cc12. The van der Waals surface area contributed by atoms with Crippen LogP contribution in [0.25, 0.3) is 22.0 Å². The van der Waals surface area contributed by atoms with Crippen molar-refractivity contribution >= 4 is 85.6 Å². The number of carbonyl (C=O) groups excluding carboxylic acids is 7. The van der Waals surface area contributed by atoms with Crippen molar-refractivity contribution in [3.63, 3.8) is 0 Å². The van der Waals surface area contributed by atoms with E-state index in [2.05, 4.69) is 56.8 Å². The Morgan fingerprint density at radius 2 is 1.32 bits per heavy atom. The van der Waals surface area contributed by atoms with E-state index in [4.69, 9.17) is 24.1 Å². The summed E-state index contributed by atoms with van der Waals surface area (Å²) in [7, 11) is 3.97. The van der Waals surface area contributed by atoms with Gasteiger partial charge in [-0.05, 0) is 105 Å². The summed E-state index contributed by atoms with van der Waals surface area (Å²) >= 11 is 3.38. The highest BCUT2D eigenvalue weighted by Crippen LogP contribution is 2.60. The number of piperidine rings is 1. The Morgan fingerprint density at radius 3 is 1.96 bits per heavy atom. The second-order valence-corrected chi connectivity index (χ2v) is 25.8. The van der Waals surface area contributed by atoms with Gasteiger partial charge in [0.25, 0.3) is 0 Å². The van der Waals surface area contributed by atoms with Crippen LogP contribution in [0.1, 0.15) is 176 Å². The van der Waals surface area contributed by atoms with Gasteiger partial charge in [-0.2, -0.15) is 5.10 Å². The molecule has 4 heterocycles. The topological polar surface area (TPSA) is 330 Å². The molecule has 0 unspecified atom stereocenters. The maximum Gasteiger partial charge on any atom is 0.326 e. The highest BCUT2D eigenvalue weighted by molar-refractivity contribution is 9.10. The molecule has 2 aliphatic rings. The molecular weight excluding hydrogens is 1280 g/mol. The Bertz CT molecular complexity index is 3140. The average molecular weight is 1370 g/mol. The summed E-state index contributed by atoms with van der Waals surface area (Å²) in [5, 5.41) is 31.7. The maximum atomic E-state index is 14.4. The number of aryl methyl sites for hydroxylation is 2. The number of rotatable bonds is 50. The minimum Gasteiger partial charge on any atom is -0.481 e. The number of hydrogen-bond acceptors (Lipinski definition) is 18. The van der Waals surface area contributed by atoms with Crippen molar-refractivity contribution < 1.29 is 72.3 Å². The molecule has 4 amide bonds. The smallest absolute Gasteiger partial charge is 0.326 e. The number of likely N-dealkylation sites (tertiary alicyclic amines) is 1. The number of pyridine rings is 1. The fraction of sp³-hybridized carbons (Fsp3) is 0.632. The van der Waals surface area contributed by atoms with E-state index in [1.54, 1.807) is 29.4 Å². The predicted molar refractivity (Wildman–Crippen MR) is 355 cm³/mol. The first-order chi connectivity index (χ1) is 45.2. The molecule has 3 aromatic heterocycles. The molecule has 5 N–H and O–H groups in total. The zero-order chi connectivity index (χ0) is 67.8. The Balaban J connectivity index is 0.753. The van der Waals surface area contributed by atoms with Crippen molar-refractivity contribution in [3.05, 3.63) is 64.4 Å². The van der Waals surface area contributed by atoms with Gasteiger partial charge in [0.15, 0.2) is 11.6 Å². The normalized spacial score (nSPS) is 16.0. The number of carbonyl (C=O) groups is 9. The minimum absolute atomic E-state index is 0.0179. The number of fused-ring (bicyclic) bond motifs is 2. The number of ether oxygens (including phenoxy) is 4. The van der Waals surface area contributed by atoms with Crippen molar-refractivity contribution in [2.75, 3.05) is 85.4 Å². The van der Waals surface area contributed by atoms with Crippen LogP contribution in [0.15, 0.2) is 47.3 Å². The lowest BCUT2D eigenvalue weighted by atomic mass is 9.98. The molecule has 25 nitrogen and oxygen atoms in total. The molecular formula is C68H97BrN10O15. The van der Waals surface area contributed by atoms with Gasteiger partial charge in [0.05, 0.1) is 38.6 Å². The molecule has 1 saturated heterocycles. The van der Waals surface area contributed by atoms with Crippen LogP contribution in [-0.2, 0) is 70.3 Å². The van der Waals surface area contributed by atoms with Crippen LogP contribution >= 0.6 is 15.9 Å². The van der Waals surface area contributed by atoms with Crippen molar-refractivity contribution in [1.29, 1.82) is 0 Å². The van der Waals surface area contributed by atoms with Crippen molar-refractivity contribution in [3.8, 4) is 11.1 Å². The molecule has 1 saturated carbocycles. The second kappa shape index (κ2) is 40.4. The average Bonchev–Trinajstić information content (AvgIpc) is 1.54. The summed E-state index contributed by atoms with van der Waals surface area (Å²) in [4.78, 5) is 130. The van der Waals surface area contributed by atoms with Crippen LogP contribution in [-0.4, -0.2) is 196 Å². The first-order valence-corrected chi connectivity index (χ1v) is 34.1. The van der Waals surface area contributed by atoms with Gasteiger partial charge >= 0.3 is 11.9 Å². The fourth-order valence-corrected chi connectivity index (χ4v) is 12.2. The van der Waals surface area contributed by atoms with Gasteiger partial charge in [-0.3, -0.25) is 43.0 Å². The number of hydrogen-bond donors (Lipinski definition) is 5. The second-order valence-electron chi connectivity index (χ2n) is 25.0. The lowest BCUT2D eigenvalue weighted by Crippen LogP contribution is -2.47. The Morgan fingerprint density at radius 1 is 0.691 bits per heavy atom. The van der Waals surface area contributed by atoms with E-state index in [0.29, 0.717) is 58.4 Å². The van der Waals surface area contributed by atoms with E-state index in [9.17, 15) is 48.3 Å². The van der Waals surface area contributed by atoms with Gasteiger partial charge < -0.3 is 54.9 Å². The number of Topliss-reactive ketones (excluding diaryl/α,β-unsaturated/α-hetero) is 3. The van der Waals surface area contributed by atoms with Gasteiger partial charge in [-0.1, -0.05) is 89.2 Å². The largest absolute Gasteiger partial charge is 0.481 e. The van der Waals surface area contributed by atoms with Crippen LogP contribution in [0.4, 0.5) is 5.82 Å². The Hall–Kier alpha value is -6.97. The molecule has 1 aliphatic carbocycles. The number of nitrogens with one attached hydrogen (secondary N) is 3. The lowest BCUT2D eigenvalue weighted by molar-refractivity contribution is -0.142. The van der Waals surface area contributed by atoms with Crippen LogP contribution in [0.5, 0.6) is 0 Å². The standard InChI is InChI=1S/C68H97BrN10O15/c1-47-23-29-58(69)74-65(47)75-66(88)56-39-68(46-77(3)4)40-57(68)79(56)62(85)43-78-55-28-24-49(38-53(55)64(76-78)48(2)80)50-41-71-59(72-42-50)30-26-52(82)44-93-36-35-92-33-31-70-61(84)45-94-37-34-91-32-19-20-51(81)25-27-54(67(89)90)73-60(83)21-17-15-13-11-9-7-5-6-8-10-12-14-16-18-22-63(86)87/h23-24,28-29,38,41-42,54,56-57H,5-22,25-27,30-37,39-40,43-46H2,1-4H3,(H,70,84)(H,73,83)(H,86,87)(H,89,90)(H,74,75,88)/t54-,56-,57+,68-/m0/s1. The third kappa shape index (κ3) is 26.3. The number of anilines is 1. The summed E-state index contributed by atoms with van der Waals surface area (Å²) < 4.78 is 24.0. The van der Waals surface area contributed by atoms with E-state index < -0.39 is 24.0 Å². The number of amides is 4. The van der Waals surface area contributed by atoms with Crippen LogP contribution in [0.3, 0.4) is 0 Å². The lowest BCUT2D eigenvalue weighted by Gasteiger charge is -2.27. The molecule has 0 bridgehead atoms. The minimum atomic E-state index is -1.17. The number of unbranched alkanes of at least 4 members (excludes halogenated alkanes) is 13. The van der Waals surface area contributed by atoms with Crippen LogP contribution < -0.4 is 16.0 Å². The molecule has 1 aromatic carbocycles. The third-order valence-electron chi connectivity index (χ3n) is 16.9. The summed E-state index contributed by atoms with van der Waals surface area (Å²) in [5.74, 6) is -2.76. The molecule has 26 heteroatoms. The summed E-state index contributed by atoms with van der Waals surface area (Å²) in [5.41, 5.74) is 2.77. The van der Waals surface area contributed by atoms with E-state index in [0.717, 1.165) is 69.0 Å². The van der Waals surface area contributed by atoms with E-state index in [1.807, 2.05) is 39.2 Å². The first-order valence-electron chi connectivity index (χ1n) is 33.3. The number of aromatic nitrogens is 5. The predicted octanol–water partition coefficient (Wildman–Crippen LogP) is 8.43. The molecule has 94 heavy (non-hydrogen) atoms. The van der Waals surface area contributed by atoms with E-state index >= 15 is 0 Å². The van der Waals surface area contributed by atoms with Crippen LogP contribution in [0.2, 0.25) is 0 Å². The van der Waals surface area contributed by atoms with Crippen molar-refractivity contribution in [2.24, 2.45) is 5.41 Å². The Kier molecular flexibility index (Phi) is 32.7. The van der Waals surface area contributed by atoms with Gasteiger partial charge in [0.1, 0.15) is 59.6 Å². The number of carboxylic acid groups (broad SMARTS) is 2. The molecule has 2 fully saturated rings. The monoisotopic (exact) mass is 1370 g/mol. The van der Waals surface area contributed by atoms with Gasteiger partial charge in [-0.25, -0.2) is 19.7 Å². The number of nitrogens with zero attached hydrogens (tertiary/aromatic N) is 7. The number of carboxylic acids is 2.